The molecule has 0 spiro atoms. The maximum atomic E-state index is 13.0. The van der Waals surface area contributed by atoms with Crippen molar-refractivity contribution in [3.63, 3.8) is 0 Å². The first kappa shape index (κ1) is 22.4. The monoisotopic (exact) mass is 444 g/mol. The number of carbonyl (C=O) groups excluding carboxylic acids is 2. The van der Waals surface area contributed by atoms with E-state index in [1.807, 2.05) is 48.5 Å². The van der Waals surface area contributed by atoms with E-state index in [1.165, 1.54) is 0 Å². The molecule has 2 amide bonds. The number of hydrogen-bond donors (Lipinski definition) is 1. The van der Waals surface area contributed by atoms with Crippen LogP contribution in [0, 0.1) is 5.41 Å². The van der Waals surface area contributed by atoms with Crippen LogP contribution in [0.15, 0.2) is 72.8 Å². The molecular formula is C27H28N2O4. The van der Waals surface area contributed by atoms with Gasteiger partial charge in [-0.3, -0.25) is 9.59 Å². The van der Waals surface area contributed by atoms with Crippen molar-refractivity contribution in [3.8, 4) is 22.6 Å². The van der Waals surface area contributed by atoms with Gasteiger partial charge in [0.05, 0.1) is 19.6 Å². The van der Waals surface area contributed by atoms with Crippen molar-refractivity contribution >= 4 is 11.8 Å². The zero-order valence-corrected chi connectivity index (χ0v) is 18.9. The lowest BCUT2D eigenvalue weighted by Crippen LogP contribution is -2.42. The Morgan fingerprint density at radius 1 is 0.970 bits per heavy atom. The average molecular weight is 445 g/mol. The number of amides is 2. The number of ether oxygens (including phenoxy) is 2. The van der Waals surface area contributed by atoms with Gasteiger partial charge in [0.25, 0.3) is 5.91 Å². The van der Waals surface area contributed by atoms with Gasteiger partial charge in [0.15, 0.2) is 0 Å². The van der Waals surface area contributed by atoms with Gasteiger partial charge < -0.3 is 20.1 Å². The summed E-state index contributed by atoms with van der Waals surface area (Å²) >= 11 is 0. The van der Waals surface area contributed by atoms with Crippen LogP contribution in [0.4, 0.5) is 0 Å². The van der Waals surface area contributed by atoms with Gasteiger partial charge in [-0.1, -0.05) is 48.5 Å². The summed E-state index contributed by atoms with van der Waals surface area (Å²) < 4.78 is 10.7. The van der Waals surface area contributed by atoms with E-state index in [9.17, 15) is 9.59 Å². The van der Waals surface area contributed by atoms with Crippen molar-refractivity contribution in [2.75, 3.05) is 27.3 Å². The first-order valence-electron chi connectivity index (χ1n) is 10.9. The number of carbonyl (C=O) groups is 2. The number of nitrogens with zero attached hydrogens (tertiary/aromatic N) is 1. The zero-order chi connectivity index (χ0) is 23.4. The molecule has 1 fully saturated rings. The highest BCUT2D eigenvalue weighted by atomic mass is 16.5. The molecule has 170 valence electrons. The van der Waals surface area contributed by atoms with Crippen LogP contribution < -0.4 is 15.2 Å². The second-order valence-corrected chi connectivity index (χ2v) is 8.43. The first-order valence-corrected chi connectivity index (χ1v) is 10.9. The normalized spacial score (nSPS) is 17.6. The summed E-state index contributed by atoms with van der Waals surface area (Å²) in [5.41, 5.74) is 8.66. The van der Waals surface area contributed by atoms with E-state index in [0.29, 0.717) is 37.2 Å². The van der Waals surface area contributed by atoms with Crippen LogP contribution in [0.2, 0.25) is 0 Å². The fraction of sp³-hybridized carbons (Fsp3) is 0.259. The van der Waals surface area contributed by atoms with Gasteiger partial charge in [0.1, 0.15) is 11.5 Å². The fourth-order valence-electron chi connectivity index (χ4n) is 4.49. The van der Waals surface area contributed by atoms with Gasteiger partial charge in [-0.25, -0.2) is 0 Å². The number of methoxy groups -OCH3 is 2. The molecule has 0 saturated carbocycles. The Morgan fingerprint density at radius 3 is 2.42 bits per heavy atom. The van der Waals surface area contributed by atoms with Crippen LogP contribution in [-0.2, 0) is 11.2 Å². The third-order valence-corrected chi connectivity index (χ3v) is 6.39. The summed E-state index contributed by atoms with van der Waals surface area (Å²) in [6.45, 7) is 0.783. The Balaban J connectivity index is 1.52. The molecule has 3 aromatic carbocycles. The van der Waals surface area contributed by atoms with E-state index in [4.69, 9.17) is 15.2 Å². The maximum absolute atomic E-state index is 13.0. The van der Waals surface area contributed by atoms with Gasteiger partial charge in [-0.2, -0.15) is 0 Å². The van der Waals surface area contributed by atoms with Crippen LogP contribution >= 0.6 is 0 Å². The Kier molecular flexibility index (Phi) is 6.36. The predicted molar refractivity (Wildman–Crippen MR) is 127 cm³/mol. The van der Waals surface area contributed by atoms with Gasteiger partial charge in [-0.05, 0) is 48.2 Å². The molecule has 1 heterocycles. The van der Waals surface area contributed by atoms with Crippen molar-refractivity contribution in [1.29, 1.82) is 0 Å². The lowest BCUT2D eigenvalue weighted by Gasteiger charge is -2.26. The Hall–Kier alpha value is -3.80. The molecule has 6 nitrogen and oxygen atoms in total. The van der Waals surface area contributed by atoms with Crippen molar-refractivity contribution in [3.05, 3.63) is 83.9 Å². The number of rotatable bonds is 7. The van der Waals surface area contributed by atoms with E-state index in [0.717, 1.165) is 22.4 Å². The van der Waals surface area contributed by atoms with Gasteiger partial charge in [0.2, 0.25) is 5.91 Å². The second kappa shape index (κ2) is 9.36. The lowest BCUT2D eigenvalue weighted by molar-refractivity contribution is -0.126. The van der Waals surface area contributed by atoms with E-state index >= 15 is 0 Å². The quantitative estimate of drug-likeness (QED) is 0.599. The summed E-state index contributed by atoms with van der Waals surface area (Å²) in [7, 11) is 3.22. The van der Waals surface area contributed by atoms with Crippen LogP contribution in [-0.4, -0.2) is 44.0 Å². The van der Waals surface area contributed by atoms with Crippen molar-refractivity contribution in [2.45, 2.75) is 12.8 Å². The summed E-state index contributed by atoms with van der Waals surface area (Å²) in [4.78, 5) is 27.3. The molecule has 2 N–H and O–H groups in total. The molecule has 6 heteroatoms. The summed E-state index contributed by atoms with van der Waals surface area (Å²) in [5.74, 6) is 0.929. The predicted octanol–water partition coefficient (Wildman–Crippen LogP) is 3.93. The lowest BCUT2D eigenvalue weighted by atomic mass is 9.80. The molecule has 0 radical (unpaired) electrons. The first-order chi connectivity index (χ1) is 16.0. The maximum Gasteiger partial charge on any atom is 0.254 e. The molecule has 4 rings (SSSR count). The van der Waals surface area contributed by atoms with Crippen LogP contribution in [0.3, 0.4) is 0 Å². The molecule has 0 bridgehead atoms. The minimum Gasteiger partial charge on any atom is -0.497 e. The third-order valence-electron chi connectivity index (χ3n) is 6.39. The van der Waals surface area contributed by atoms with E-state index < -0.39 is 5.41 Å². The fourth-order valence-corrected chi connectivity index (χ4v) is 4.49. The SMILES string of the molecule is COc1cccc(C(=O)N2CC[C@@](Cc3ccc(-c4ccccc4OC)cc3)(C(N)=O)C2)c1. The van der Waals surface area contributed by atoms with Crippen LogP contribution in [0.1, 0.15) is 22.3 Å². The molecule has 3 aromatic rings. The van der Waals surface area contributed by atoms with Crippen molar-refractivity contribution in [1.82, 2.24) is 4.90 Å². The van der Waals surface area contributed by atoms with Gasteiger partial charge in [0, 0.05) is 24.2 Å². The van der Waals surface area contributed by atoms with E-state index in [-0.39, 0.29) is 11.8 Å². The summed E-state index contributed by atoms with van der Waals surface area (Å²) in [6.07, 6.45) is 1.02. The van der Waals surface area contributed by atoms with Crippen LogP contribution in [0.5, 0.6) is 11.5 Å². The molecule has 33 heavy (non-hydrogen) atoms. The topological polar surface area (TPSA) is 81.9 Å². The smallest absolute Gasteiger partial charge is 0.254 e. The van der Waals surface area contributed by atoms with E-state index in [2.05, 4.69) is 0 Å². The minimum absolute atomic E-state index is 0.122. The number of hydrogen-bond acceptors (Lipinski definition) is 4. The molecule has 1 aliphatic rings. The Bertz CT molecular complexity index is 1160. The molecule has 0 aliphatic carbocycles. The molecule has 0 unspecified atom stereocenters. The zero-order valence-electron chi connectivity index (χ0n) is 18.9. The molecule has 1 atom stereocenters. The number of benzene rings is 3. The van der Waals surface area contributed by atoms with E-state index in [1.54, 1.807) is 43.4 Å². The molecule has 1 saturated heterocycles. The van der Waals surface area contributed by atoms with Crippen LogP contribution in [0.25, 0.3) is 11.1 Å². The number of likely N-dealkylation sites (tertiary alicyclic amines) is 1. The Morgan fingerprint density at radius 2 is 1.73 bits per heavy atom. The number of nitrogens with two attached hydrogens (primary N) is 1. The minimum atomic E-state index is -0.791. The van der Waals surface area contributed by atoms with Crippen molar-refractivity contribution in [2.24, 2.45) is 11.1 Å². The Labute approximate surface area is 193 Å². The molecule has 1 aliphatic heterocycles. The summed E-state index contributed by atoms with van der Waals surface area (Å²) in [5, 5.41) is 0. The highest BCUT2D eigenvalue weighted by molar-refractivity contribution is 5.95. The van der Waals surface area contributed by atoms with Crippen molar-refractivity contribution < 1.29 is 19.1 Å². The standard InChI is InChI=1S/C27H28N2O4/c1-32-22-7-5-6-21(16-22)25(30)29-15-14-27(18-29,26(28)31)17-19-10-12-20(13-11-19)23-8-3-4-9-24(23)33-2/h3-13,16H,14-15,17-18H2,1-2H3,(H2,28,31)/t27-/m0/s1. The largest absolute Gasteiger partial charge is 0.497 e. The second-order valence-electron chi connectivity index (χ2n) is 8.43. The molecule has 0 aromatic heterocycles. The number of primary amides is 1. The third kappa shape index (κ3) is 4.55. The molecular weight excluding hydrogens is 416 g/mol. The summed E-state index contributed by atoms with van der Waals surface area (Å²) in [6, 6.07) is 23.0. The number of para-hydroxylation sites is 1. The highest BCUT2D eigenvalue weighted by Crippen LogP contribution is 2.36. The van der Waals surface area contributed by atoms with Gasteiger partial charge >= 0.3 is 0 Å². The highest BCUT2D eigenvalue weighted by Gasteiger charge is 2.44. The average Bonchev–Trinajstić information content (AvgIpc) is 3.29. The van der Waals surface area contributed by atoms with Gasteiger partial charge in [-0.15, -0.1) is 0 Å².